The molecule has 0 bridgehead atoms. The number of nitrogens with zero attached hydrogens (tertiary/aromatic N) is 2. The highest BCUT2D eigenvalue weighted by molar-refractivity contribution is 6.03. The van der Waals surface area contributed by atoms with Gasteiger partial charge in [0.25, 0.3) is 0 Å². The molecule has 0 aliphatic heterocycles. The molecule has 4 aromatic rings. The molecular weight excluding hydrogens is 248 g/mol. The molecule has 0 amide bonds. The molecule has 3 nitrogen and oxygen atoms in total. The Labute approximate surface area is 115 Å². The van der Waals surface area contributed by atoms with E-state index >= 15 is 0 Å². The second-order valence-corrected chi connectivity index (χ2v) is 4.88. The number of pyridine rings is 2. The Morgan fingerprint density at radius 3 is 2.75 bits per heavy atom. The van der Waals surface area contributed by atoms with Crippen molar-refractivity contribution in [3.05, 3.63) is 60.4 Å². The number of hydrogen-bond acceptors (Lipinski definition) is 3. The fourth-order valence-electron chi connectivity index (χ4n) is 2.45. The van der Waals surface area contributed by atoms with Crippen LogP contribution in [-0.4, -0.2) is 9.97 Å². The maximum Gasteiger partial charge on any atom is 0.153 e. The number of benzene rings is 1. The molecule has 0 saturated heterocycles. The highest BCUT2D eigenvalue weighted by Gasteiger charge is 2.09. The highest BCUT2D eigenvalue weighted by atomic mass is 16.3. The molecule has 0 atom stereocenters. The minimum Gasteiger partial charge on any atom is -0.454 e. The third-order valence-corrected chi connectivity index (χ3v) is 3.44. The van der Waals surface area contributed by atoms with Gasteiger partial charge in [-0.15, -0.1) is 0 Å². The standard InChI is InChI=1S/C17H12N2O/c1-11-6-8-18-14(9-11)12-4-5-15-13(10-12)17-16(20-15)3-2-7-19-17/h2-10H,1H3. The van der Waals surface area contributed by atoms with E-state index in [1.54, 1.807) is 6.20 Å². The van der Waals surface area contributed by atoms with Crippen LogP contribution in [0.2, 0.25) is 0 Å². The van der Waals surface area contributed by atoms with Crippen molar-refractivity contribution in [1.29, 1.82) is 0 Å². The normalized spacial score (nSPS) is 11.2. The molecule has 3 heteroatoms. The topological polar surface area (TPSA) is 38.9 Å². The smallest absolute Gasteiger partial charge is 0.153 e. The number of hydrogen-bond donors (Lipinski definition) is 0. The van der Waals surface area contributed by atoms with Gasteiger partial charge in [0.15, 0.2) is 5.58 Å². The molecule has 1 aromatic carbocycles. The van der Waals surface area contributed by atoms with Gasteiger partial charge in [0.2, 0.25) is 0 Å². The maximum atomic E-state index is 5.78. The minimum absolute atomic E-state index is 0.817. The van der Waals surface area contributed by atoms with Crippen LogP contribution in [-0.2, 0) is 0 Å². The molecule has 0 fully saturated rings. The summed E-state index contributed by atoms with van der Waals surface area (Å²) in [6, 6.07) is 14.0. The number of aromatic nitrogens is 2. The summed E-state index contributed by atoms with van der Waals surface area (Å²) >= 11 is 0. The first-order chi connectivity index (χ1) is 9.81. The van der Waals surface area contributed by atoms with Gasteiger partial charge in [-0.25, -0.2) is 0 Å². The van der Waals surface area contributed by atoms with Crippen LogP contribution in [0.5, 0.6) is 0 Å². The average molecular weight is 260 g/mol. The van der Waals surface area contributed by atoms with Crippen molar-refractivity contribution in [2.75, 3.05) is 0 Å². The summed E-state index contributed by atoms with van der Waals surface area (Å²) in [6.45, 7) is 2.07. The van der Waals surface area contributed by atoms with Crippen LogP contribution in [0, 0.1) is 6.92 Å². The zero-order valence-electron chi connectivity index (χ0n) is 11.0. The van der Waals surface area contributed by atoms with Crippen LogP contribution in [0.3, 0.4) is 0 Å². The number of rotatable bonds is 1. The summed E-state index contributed by atoms with van der Waals surface area (Å²) in [7, 11) is 0. The lowest BCUT2D eigenvalue weighted by molar-refractivity contribution is 0.668. The molecule has 3 heterocycles. The largest absolute Gasteiger partial charge is 0.454 e. The summed E-state index contributed by atoms with van der Waals surface area (Å²) in [5.74, 6) is 0. The number of aryl methyl sites for hydroxylation is 1. The van der Waals surface area contributed by atoms with E-state index in [0.29, 0.717) is 0 Å². The molecule has 3 aromatic heterocycles. The van der Waals surface area contributed by atoms with Crippen molar-refractivity contribution in [3.8, 4) is 11.3 Å². The maximum absolute atomic E-state index is 5.78. The average Bonchev–Trinajstić information content (AvgIpc) is 2.85. The van der Waals surface area contributed by atoms with E-state index in [0.717, 1.165) is 33.3 Å². The van der Waals surface area contributed by atoms with Crippen LogP contribution in [0.15, 0.2) is 59.3 Å². The Bertz CT molecular complexity index is 924. The third-order valence-electron chi connectivity index (χ3n) is 3.44. The summed E-state index contributed by atoms with van der Waals surface area (Å²) in [6.07, 6.45) is 3.62. The molecule has 0 unspecified atom stereocenters. The van der Waals surface area contributed by atoms with Crippen molar-refractivity contribution in [2.24, 2.45) is 0 Å². The van der Waals surface area contributed by atoms with E-state index in [1.807, 2.05) is 36.5 Å². The van der Waals surface area contributed by atoms with E-state index in [4.69, 9.17) is 4.42 Å². The quantitative estimate of drug-likeness (QED) is 0.510. The van der Waals surface area contributed by atoms with Crippen LogP contribution >= 0.6 is 0 Å². The van der Waals surface area contributed by atoms with Gasteiger partial charge in [-0.1, -0.05) is 0 Å². The zero-order valence-corrected chi connectivity index (χ0v) is 11.0. The third kappa shape index (κ3) is 1.67. The Morgan fingerprint density at radius 2 is 1.85 bits per heavy atom. The highest BCUT2D eigenvalue weighted by Crippen LogP contribution is 2.30. The number of fused-ring (bicyclic) bond motifs is 3. The van der Waals surface area contributed by atoms with Crippen molar-refractivity contribution in [2.45, 2.75) is 6.92 Å². The van der Waals surface area contributed by atoms with Crippen LogP contribution in [0.4, 0.5) is 0 Å². The molecule has 0 aliphatic rings. The van der Waals surface area contributed by atoms with E-state index in [1.165, 1.54) is 5.56 Å². The van der Waals surface area contributed by atoms with Gasteiger partial charge in [-0.3, -0.25) is 9.97 Å². The van der Waals surface area contributed by atoms with Gasteiger partial charge >= 0.3 is 0 Å². The van der Waals surface area contributed by atoms with Crippen LogP contribution in [0.1, 0.15) is 5.56 Å². The molecular formula is C17H12N2O. The van der Waals surface area contributed by atoms with Gasteiger partial charge in [0.05, 0.1) is 5.69 Å². The summed E-state index contributed by atoms with van der Waals surface area (Å²) in [5, 5.41) is 1.03. The lowest BCUT2D eigenvalue weighted by Crippen LogP contribution is -1.84. The Hall–Kier alpha value is -2.68. The van der Waals surface area contributed by atoms with Gasteiger partial charge in [-0.2, -0.15) is 0 Å². The first kappa shape index (κ1) is 11.2. The second-order valence-electron chi connectivity index (χ2n) is 4.88. The van der Waals surface area contributed by atoms with Crippen molar-refractivity contribution >= 4 is 22.1 Å². The van der Waals surface area contributed by atoms with Crippen molar-refractivity contribution < 1.29 is 4.42 Å². The van der Waals surface area contributed by atoms with E-state index in [2.05, 4.69) is 29.0 Å². The predicted molar refractivity (Wildman–Crippen MR) is 79.5 cm³/mol. The molecule has 4 rings (SSSR count). The second kappa shape index (κ2) is 4.17. The predicted octanol–water partition coefficient (Wildman–Crippen LogP) is 4.35. The molecule has 0 saturated carbocycles. The van der Waals surface area contributed by atoms with Gasteiger partial charge in [0, 0.05) is 23.3 Å². The summed E-state index contributed by atoms with van der Waals surface area (Å²) in [4.78, 5) is 8.84. The SMILES string of the molecule is Cc1ccnc(-c2ccc3oc4cccnc4c3c2)c1. The monoisotopic (exact) mass is 260 g/mol. The molecule has 0 radical (unpaired) electrons. The van der Waals surface area contributed by atoms with Gasteiger partial charge in [-0.05, 0) is 55.0 Å². The molecule has 0 spiro atoms. The fourth-order valence-corrected chi connectivity index (χ4v) is 2.45. The lowest BCUT2D eigenvalue weighted by Gasteiger charge is -2.01. The Balaban J connectivity index is 2.00. The molecule has 96 valence electrons. The molecule has 20 heavy (non-hydrogen) atoms. The summed E-state index contributed by atoms with van der Waals surface area (Å²) in [5.41, 5.74) is 5.82. The first-order valence-corrected chi connectivity index (χ1v) is 6.51. The lowest BCUT2D eigenvalue weighted by atomic mass is 10.1. The molecule has 0 N–H and O–H groups in total. The van der Waals surface area contributed by atoms with Crippen molar-refractivity contribution in [3.63, 3.8) is 0 Å². The first-order valence-electron chi connectivity index (χ1n) is 6.51. The van der Waals surface area contributed by atoms with E-state index < -0.39 is 0 Å². The Morgan fingerprint density at radius 1 is 0.900 bits per heavy atom. The van der Waals surface area contributed by atoms with Gasteiger partial charge < -0.3 is 4.42 Å². The van der Waals surface area contributed by atoms with Crippen LogP contribution < -0.4 is 0 Å². The fraction of sp³-hybridized carbons (Fsp3) is 0.0588. The number of furan rings is 1. The Kier molecular flexibility index (Phi) is 2.33. The molecule has 0 aliphatic carbocycles. The van der Waals surface area contributed by atoms with Crippen LogP contribution in [0.25, 0.3) is 33.3 Å². The van der Waals surface area contributed by atoms with Gasteiger partial charge in [0.1, 0.15) is 11.1 Å². The van der Waals surface area contributed by atoms with E-state index in [9.17, 15) is 0 Å². The summed E-state index contributed by atoms with van der Waals surface area (Å²) < 4.78 is 5.78. The van der Waals surface area contributed by atoms with E-state index in [-0.39, 0.29) is 0 Å². The minimum atomic E-state index is 0.817. The zero-order chi connectivity index (χ0) is 13.5. The van der Waals surface area contributed by atoms with Crippen molar-refractivity contribution in [1.82, 2.24) is 9.97 Å².